The first-order valence-electron chi connectivity index (χ1n) is 15.6. The van der Waals surface area contributed by atoms with Gasteiger partial charge >= 0.3 is 6.01 Å². The summed E-state index contributed by atoms with van der Waals surface area (Å²) in [5.74, 6) is 1.42. The van der Waals surface area contributed by atoms with Gasteiger partial charge in [-0.15, -0.1) is 0 Å². The Morgan fingerprint density at radius 3 is 2.86 bits per heavy atom. The van der Waals surface area contributed by atoms with Gasteiger partial charge in [0.25, 0.3) is 0 Å². The van der Waals surface area contributed by atoms with Crippen molar-refractivity contribution in [3.63, 3.8) is 0 Å². The molecule has 2 aliphatic carbocycles. The Kier molecular flexibility index (Phi) is 5.32. The maximum atomic E-state index is 16.6. The van der Waals surface area contributed by atoms with Gasteiger partial charge in [0.05, 0.1) is 23.0 Å². The highest BCUT2D eigenvalue weighted by Crippen LogP contribution is 2.58. The standard InChI is InChI=1S/C33H35FN6O2/c1-2-26(41)39-13-8-24-25(39)17-40(24)31-23-16-35-29(21-7-3-6-19-14-20-15-22(20)27(19)21)28(34)30(23)36-32(37-31)42-18-33-9-4-11-38(33)12-5-10-33/h2-3,6-7,16,20,22,24-25H,1,4-5,8-15,17-18H2/t20?,22?,24-,25-/m1/s1. The Morgan fingerprint density at radius 2 is 2.02 bits per heavy atom. The number of carbonyl (C=O) groups is 1. The number of halogens is 1. The number of carbonyl (C=O) groups excluding carboxylic acids is 1. The molecule has 4 aliphatic heterocycles. The van der Waals surface area contributed by atoms with Crippen LogP contribution >= 0.6 is 0 Å². The van der Waals surface area contributed by atoms with Crippen LogP contribution in [0.5, 0.6) is 6.01 Å². The number of likely N-dealkylation sites (tertiary alicyclic amines) is 1. The summed E-state index contributed by atoms with van der Waals surface area (Å²) in [7, 11) is 0. The molecule has 0 radical (unpaired) electrons. The largest absolute Gasteiger partial charge is 0.461 e. The second-order valence-corrected chi connectivity index (χ2v) is 13.2. The first kappa shape index (κ1) is 25.0. The molecule has 6 aliphatic rings. The minimum absolute atomic E-state index is 0.0324. The van der Waals surface area contributed by atoms with Gasteiger partial charge in [0.2, 0.25) is 5.91 Å². The summed E-state index contributed by atoms with van der Waals surface area (Å²) in [6, 6.07) is 6.65. The third kappa shape index (κ3) is 3.49. The van der Waals surface area contributed by atoms with E-state index >= 15 is 4.39 Å². The molecule has 5 fully saturated rings. The van der Waals surface area contributed by atoms with Crippen molar-refractivity contribution in [1.29, 1.82) is 0 Å². The third-order valence-corrected chi connectivity index (χ3v) is 11.2. The lowest BCUT2D eigenvalue weighted by Crippen LogP contribution is -2.63. The van der Waals surface area contributed by atoms with Gasteiger partial charge in [-0.25, -0.2) is 4.39 Å². The first-order chi connectivity index (χ1) is 20.5. The lowest BCUT2D eigenvalue weighted by atomic mass is 9.95. The van der Waals surface area contributed by atoms with Gasteiger partial charge in [-0.1, -0.05) is 24.8 Å². The quantitative estimate of drug-likeness (QED) is 0.408. The van der Waals surface area contributed by atoms with E-state index in [1.54, 1.807) is 6.20 Å². The predicted molar refractivity (Wildman–Crippen MR) is 157 cm³/mol. The summed E-state index contributed by atoms with van der Waals surface area (Å²) in [5.41, 5.74) is 4.14. The highest BCUT2D eigenvalue weighted by atomic mass is 19.1. The first-order valence-corrected chi connectivity index (χ1v) is 15.6. The molecule has 216 valence electrons. The molecule has 4 atom stereocenters. The number of hydrogen-bond donors (Lipinski definition) is 0. The molecule has 2 unspecified atom stereocenters. The van der Waals surface area contributed by atoms with Gasteiger partial charge in [0.1, 0.15) is 23.6 Å². The molecule has 8 nitrogen and oxygen atoms in total. The molecule has 0 spiro atoms. The van der Waals surface area contributed by atoms with Crippen molar-refractivity contribution in [2.24, 2.45) is 5.92 Å². The van der Waals surface area contributed by atoms with E-state index in [1.807, 2.05) is 17.0 Å². The Hall–Kier alpha value is -3.59. The third-order valence-electron chi connectivity index (χ3n) is 11.2. The molecule has 2 aromatic heterocycles. The van der Waals surface area contributed by atoms with Crippen LogP contribution in [0.3, 0.4) is 0 Å². The van der Waals surface area contributed by atoms with E-state index in [9.17, 15) is 4.79 Å². The van der Waals surface area contributed by atoms with Gasteiger partial charge in [-0.2, -0.15) is 9.97 Å². The topological polar surface area (TPSA) is 74.7 Å². The average molecular weight is 567 g/mol. The molecule has 1 saturated carbocycles. The SMILES string of the molecule is C=CC(=O)N1CC[C@@H]2[C@H]1CN2c1nc(OCC23CCCN2CCC3)nc2c(F)c(-c3cccc4c3C3CC3C4)ncc12. The van der Waals surface area contributed by atoms with Gasteiger partial charge in [-0.3, -0.25) is 14.7 Å². The fourth-order valence-corrected chi connectivity index (χ4v) is 8.95. The van der Waals surface area contributed by atoms with Gasteiger partial charge in [-0.05, 0) is 87.1 Å². The van der Waals surface area contributed by atoms with Crippen molar-refractivity contribution in [3.8, 4) is 17.3 Å². The normalized spacial score (nSPS) is 28.3. The smallest absolute Gasteiger partial charge is 0.319 e. The van der Waals surface area contributed by atoms with Crippen molar-refractivity contribution in [3.05, 3.63) is 54.0 Å². The molecule has 0 bridgehead atoms. The maximum Gasteiger partial charge on any atom is 0.319 e. The fraction of sp³-hybridized carbons (Fsp3) is 0.515. The van der Waals surface area contributed by atoms with E-state index in [1.165, 1.54) is 36.5 Å². The molecule has 6 heterocycles. The van der Waals surface area contributed by atoms with E-state index in [4.69, 9.17) is 19.7 Å². The van der Waals surface area contributed by atoms with Crippen LogP contribution in [-0.2, 0) is 11.2 Å². The summed E-state index contributed by atoms with van der Waals surface area (Å²) in [5, 5.41) is 0.592. The van der Waals surface area contributed by atoms with Crippen LogP contribution in [0.1, 0.15) is 55.6 Å². The van der Waals surface area contributed by atoms with Crippen LogP contribution < -0.4 is 9.64 Å². The summed E-state index contributed by atoms with van der Waals surface area (Å²) in [6.45, 7) is 7.71. The molecule has 9 rings (SSSR count). The Bertz CT molecular complexity index is 1650. The van der Waals surface area contributed by atoms with Crippen molar-refractivity contribution in [2.45, 2.75) is 68.5 Å². The summed E-state index contributed by atoms with van der Waals surface area (Å²) in [4.78, 5) is 33.4. The number of rotatable bonds is 6. The van der Waals surface area contributed by atoms with Crippen LogP contribution in [0.2, 0.25) is 0 Å². The summed E-state index contributed by atoms with van der Waals surface area (Å²) >= 11 is 0. The van der Waals surface area contributed by atoms with Crippen molar-refractivity contribution >= 4 is 22.6 Å². The second-order valence-electron chi connectivity index (χ2n) is 13.2. The molecular weight excluding hydrogens is 531 g/mol. The van der Waals surface area contributed by atoms with E-state index in [0.29, 0.717) is 48.4 Å². The van der Waals surface area contributed by atoms with Crippen LogP contribution in [0, 0.1) is 11.7 Å². The number of pyridine rings is 1. The van der Waals surface area contributed by atoms with Crippen LogP contribution in [-0.4, -0.2) is 81.1 Å². The zero-order chi connectivity index (χ0) is 28.2. The highest BCUT2D eigenvalue weighted by Gasteiger charge is 2.50. The molecule has 9 heteroatoms. The monoisotopic (exact) mass is 566 g/mol. The number of aromatic nitrogens is 3. The highest BCUT2D eigenvalue weighted by molar-refractivity contribution is 5.93. The second kappa shape index (κ2) is 8.96. The lowest BCUT2D eigenvalue weighted by molar-refractivity contribution is -0.127. The molecule has 4 saturated heterocycles. The Morgan fingerprint density at radius 1 is 1.17 bits per heavy atom. The zero-order valence-corrected chi connectivity index (χ0v) is 23.8. The number of ether oxygens (including phenoxy) is 1. The maximum absolute atomic E-state index is 16.6. The fourth-order valence-electron chi connectivity index (χ4n) is 8.95. The molecule has 0 N–H and O–H groups in total. The van der Waals surface area contributed by atoms with Gasteiger partial charge in [0.15, 0.2) is 5.82 Å². The predicted octanol–water partition coefficient (Wildman–Crippen LogP) is 4.47. The van der Waals surface area contributed by atoms with Crippen molar-refractivity contribution in [2.75, 3.05) is 37.7 Å². The van der Waals surface area contributed by atoms with E-state index in [-0.39, 0.29) is 35.1 Å². The zero-order valence-electron chi connectivity index (χ0n) is 23.8. The van der Waals surface area contributed by atoms with E-state index in [2.05, 4.69) is 22.4 Å². The lowest BCUT2D eigenvalue weighted by Gasteiger charge is -2.47. The number of fused-ring (bicyclic) bond motifs is 6. The molecule has 3 aromatic rings. The minimum atomic E-state index is -0.410. The Balaban J connectivity index is 1.12. The number of nitrogens with zero attached hydrogens (tertiary/aromatic N) is 6. The van der Waals surface area contributed by atoms with Crippen LogP contribution in [0.4, 0.5) is 10.2 Å². The average Bonchev–Trinajstić information content (AvgIpc) is 3.28. The van der Waals surface area contributed by atoms with Gasteiger partial charge < -0.3 is 14.5 Å². The Labute approximate surface area is 244 Å². The van der Waals surface area contributed by atoms with Crippen LogP contribution in [0.25, 0.3) is 22.2 Å². The number of benzene rings is 1. The van der Waals surface area contributed by atoms with E-state index in [0.717, 1.165) is 44.3 Å². The number of hydrogen-bond acceptors (Lipinski definition) is 7. The molecular formula is C33H35FN6O2. The molecule has 1 amide bonds. The number of amides is 1. The van der Waals surface area contributed by atoms with Gasteiger partial charge in [0, 0.05) is 24.8 Å². The summed E-state index contributed by atoms with van der Waals surface area (Å²) in [6.07, 6.45) is 10.8. The number of anilines is 1. The van der Waals surface area contributed by atoms with E-state index < -0.39 is 5.82 Å². The summed E-state index contributed by atoms with van der Waals surface area (Å²) < 4.78 is 23.0. The van der Waals surface area contributed by atoms with Crippen molar-refractivity contribution < 1.29 is 13.9 Å². The minimum Gasteiger partial charge on any atom is -0.461 e. The van der Waals surface area contributed by atoms with Crippen LogP contribution in [0.15, 0.2) is 37.1 Å². The molecule has 1 aromatic carbocycles. The molecule has 42 heavy (non-hydrogen) atoms. The van der Waals surface area contributed by atoms with Crippen molar-refractivity contribution in [1.82, 2.24) is 24.8 Å².